The van der Waals surface area contributed by atoms with Crippen LogP contribution in [0, 0.1) is 10.1 Å². The van der Waals surface area contributed by atoms with Crippen LogP contribution in [-0.4, -0.2) is 16.2 Å². The SMILES string of the molecule is CCC=C=CCc1cc([N+](=O)[O-])ccc1OC(=O)O. The van der Waals surface area contributed by atoms with E-state index in [0.29, 0.717) is 12.0 Å². The molecular formula is C13H13NO5. The van der Waals surface area contributed by atoms with Crippen molar-refractivity contribution in [2.75, 3.05) is 0 Å². The zero-order valence-corrected chi connectivity index (χ0v) is 10.3. The summed E-state index contributed by atoms with van der Waals surface area (Å²) in [6.07, 6.45) is 3.14. The fourth-order valence-corrected chi connectivity index (χ4v) is 1.40. The predicted molar refractivity (Wildman–Crippen MR) is 68.4 cm³/mol. The van der Waals surface area contributed by atoms with Gasteiger partial charge in [-0.25, -0.2) is 4.79 Å². The van der Waals surface area contributed by atoms with Crippen LogP contribution in [0.2, 0.25) is 0 Å². The first-order valence-corrected chi connectivity index (χ1v) is 5.62. The highest BCUT2D eigenvalue weighted by molar-refractivity contribution is 5.62. The smallest absolute Gasteiger partial charge is 0.449 e. The molecule has 19 heavy (non-hydrogen) atoms. The molecule has 0 fully saturated rings. The predicted octanol–water partition coefficient (Wildman–Crippen LogP) is 3.32. The molecule has 0 saturated heterocycles. The molecule has 0 bridgehead atoms. The third-order valence-corrected chi connectivity index (χ3v) is 2.21. The molecule has 0 aromatic heterocycles. The van der Waals surface area contributed by atoms with E-state index in [1.807, 2.05) is 6.92 Å². The summed E-state index contributed by atoms with van der Waals surface area (Å²) in [5, 5.41) is 19.3. The van der Waals surface area contributed by atoms with Gasteiger partial charge < -0.3 is 9.84 Å². The topological polar surface area (TPSA) is 89.7 Å². The molecule has 0 aliphatic carbocycles. The van der Waals surface area contributed by atoms with Crippen molar-refractivity contribution in [1.82, 2.24) is 0 Å². The molecule has 6 heteroatoms. The summed E-state index contributed by atoms with van der Waals surface area (Å²) in [4.78, 5) is 20.7. The van der Waals surface area contributed by atoms with Crippen molar-refractivity contribution in [2.45, 2.75) is 19.8 Å². The van der Waals surface area contributed by atoms with Crippen molar-refractivity contribution in [3.63, 3.8) is 0 Å². The molecular weight excluding hydrogens is 250 g/mol. The zero-order chi connectivity index (χ0) is 14.3. The Bertz CT molecular complexity index is 544. The van der Waals surface area contributed by atoms with Gasteiger partial charge in [0.05, 0.1) is 4.92 Å². The largest absolute Gasteiger partial charge is 0.511 e. The monoisotopic (exact) mass is 263 g/mol. The normalized spacial score (nSPS) is 9.32. The number of nitro benzene ring substituents is 1. The molecule has 100 valence electrons. The van der Waals surface area contributed by atoms with E-state index < -0.39 is 11.1 Å². The highest BCUT2D eigenvalue weighted by Crippen LogP contribution is 2.25. The van der Waals surface area contributed by atoms with Gasteiger partial charge in [0.15, 0.2) is 0 Å². The van der Waals surface area contributed by atoms with Gasteiger partial charge in [-0.3, -0.25) is 10.1 Å². The van der Waals surface area contributed by atoms with Crippen molar-refractivity contribution in [2.24, 2.45) is 0 Å². The van der Waals surface area contributed by atoms with Gasteiger partial charge in [-0.05, 0) is 24.6 Å². The number of carboxylic acid groups (broad SMARTS) is 1. The van der Waals surface area contributed by atoms with E-state index in [-0.39, 0.29) is 11.4 Å². The highest BCUT2D eigenvalue weighted by Gasteiger charge is 2.13. The maximum absolute atomic E-state index is 10.7. The minimum atomic E-state index is -1.46. The van der Waals surface area contributed by atoms with E-state index in [1.165, 1.54) is 18.2 Å². The number of allylic oxidation sites excluding steroid dienone is 1. The first-order valence-electron chi connectivity index (χ1n) is 5.62. The number of hydrogen-bond donors (Lipinski definition) is 1. The number of ether oxygens (including phenoxy) is 1. The quantitative estimate of drug-likeness (QED) is 0.289. The molecule has 1 aromatic rings. The number of nitrogens with zero attached hydrogens (tertiary/aromatic N) is 1. The molecule has 0 aliphatic heterocycles. The standard InChI is InChI=1S/C13H13NO5/c1-2-3-4-5-6-10-9-11(14(17)18)7-8-12(10)19-13(15)16/h3,5,7-9H,2,6H2,1H3,(H,15,16). The van der Waals surface area contributed by atoms with E-state index in [0.717, 1.165) is 6.42 Å². The Labute approximate surface area is 109 Å². The summed E-state index contributed by atoms with van der Waals surface area (Å²) in [7, 11) is 0. The van der Waals surface area contributed by atoms with E-state index in [9.17, 15) is 14.9 Å². The molecule has 1 N–H and O–H groups in total. The van der Waals surface area contributed by atoms with Gasteiger partial charge in [-0.2, -0.15) is 0 Å². The van der Waals surface area contributed by atoms with Crippen molar-refractivity contribution in [1.29, 1.82) is 0 Å². The fourth-order valence-electron chi connectivity index (χ4n) is 1.40. The summed E-state index contributed by atoms with van der Waals surface area (Å²) in [6, 6.07) is 3.77. The second-order valence-electron chi connectivity index (χ2n) is 3.60. The van der Waals surface area contributed by atoms with E-state index >= 15 is 0 Å². The summed E-state index contributed by atoms with van der Waals surface area (Å²) in [6.45, 7) is 1.95. The first-order chi connectivity index (χ1) is 9.04. The lowest BCUT2D eigenvalue weighted by Gasteiger charge is -2.05. The lowest BCUT2D eigenvalue weighted by molar-refractivity contribution is -0.384. The van der Waals surface area contributed by atoms with Gasteiger partial charge in [0.25, 0.3) is 5.69 Å². The summed E-state index contributed by atoms with van der Waals surface area (Å²) < 4.78 is 4.57. The van der Waals surface area contributed by atoms with Crippen LogP contribution in [-0.2, 0) is 6.42 Å². The summed E-state index contributed by atoms with van der Waals surface area (Å²) in [5.41, 5.74) is 3.20. The zero-order valence-electron chi connectivity index (χ0n) is 10.3. The number of rotatable bonds is 5. The average Bonchev–Trinajstić information content (AvgIpc) is 2.35. The van der Waals surface area contributed by atoms with Crippen LogP contribution in [0.1, 0.15) is 18.9 Å². The van der Waals surface area contributed by atoms with E-state index in [2.05, 4.69) is 10.5 Å². The second-order valence-corrected chi connectivity index (χ2v) is 3.60. The van der Waals surface area contributed by atoms with Crippen molar-refractivity contribution in [3.05, 3.63) is 51.8 Å². The summed E-state index contributed by atoms with van der Waals surface area (Å²) in [5.74, 6) is 0.0904. The third-order valence-electron chi connectivity index (χ3n) is 2.21. The van der Waals surface area contributed by atoms with E-state index in [4.69, 9.17) is 5.11 Å². The first kappa shape index (κ1) is 14.5. The van der Waals surface area contributed by atoms with Gasteiger partial charge in [0.2, 0.25) is 0 Å². The summed E-state index contributed by atoms with van der Waals surface area (Å²) >= 11 is 0. The van der Waals surface area contributed by atoms with Crippen LogP contribution in [0.4, 0.5) is 10.5 Å². The number of benzene rings is 1. The van der Waals surface area contributed by atoms with E-state index in [1.54, 1.807) is 12.2 Å². The molecule has 0 atom stereocenters. The van der Waals surface area contributed by atoms with Crippen LogP contribution < -0.4 is 4.74 Å². The average molecular weight is 263 g/mol. The van der Waals surface area contributed by atoms with Crippen LogP contribution in [0.25, 0.3) is 0 Å². The molecule has 0 amide bonds. The molecule has 0 unspecified atom stereocenters. The minimum absolute atomic E-state index is 0.0904. The maximum atomic E-state index is 10.7. The lowest BCUT2D eigenvalue weighted by Crippen LogP contribution is -2.05. The molecule has 0 radical (unpaired) electrons. The molecule has 1 aromatic carbocycles. The van der Waals surface area contributed by atoms with Crippen LogP contribution in [0.3, 0.4) is 0 Å². The lowest BCUT2D eigenvalue weighted by atomic mass is 10.1. The highest BCUT2D eigenvalue weighted by atomic mass is 16.7. The maximum Gasteiger partial charge on any atom is 0.511 e. The van der Waals surface area contributed by atoms with Gasteiger partial charge in [0.1, 0.15) is 5.75 Å². The van der Waals surface area contributed by atoms with Crippen molar-refractivity contribution >= 4 is 11.8 Å². The number of hydrogen-bond acceptors (Lipinski definition) is 4. The minimum Gasteiger partial charge on any atom is -0.449 e. The molecule has 0 saturated carbocycles. The van der Waals surface area contributed by atoms with Crippen LogP contribution >= 0.6 is 0 Å². The molecule has 6 nitrogen and oxygen atoms in total. The van der Waals surface area contributed by atoms with Crippen LogP contribution in [0.15, 0.2) is 36.1 Å². The molecule has 0 heterocycles. The second kappa shape index (κ2) is 6.98. The Balaban J connectivity index is 3.06. The number of carbonyl (C=O) groups is 1. The Morgan fingerprint density at radius 3 is 2.84 bits per heavy atom. The van der Waals surface area contributed by atoms with Gasteiger partial charge in [-0.1, -0.05) is 6.92 Å². The number of nitro groups is 1. The third kappa shape index (κ3) is 4.65. The fraction of sp³-hybridized carbons (Fsp3) is 0.231. The Kier molecular flexibility index (Phi) is 5.32. The molecule has 0 aliphatic rings. The Hall–Kier alpha value is -2.59. The van der Waals surface area contributed by atoms with Crippen molar-refractivity contribution in [3.8, 4) is 5.75 Å². The Morgan fingerprint density at radius 1 is 1.53 bits per heavy atom. The molecule has 0 spiro atoms. The van der Waals surface area contributed by atoms with Gasteiger partial charge in [-0.15, -0.1) is 5.73 Å². The number of non-ortho nitro benzene ring substituents is 1. The van der Waals surface area contributed by atoms with Gasteiger partial charge in [0, 0.05) is 24.1 Å². The molecule has 1 rings (SSSR count). The van der Waals surface area contributed by atoms with Crippen LogP contribution in [0.5, 0.6) is 5.75 Å². The Morgan fingerprint density at radius 2 is 2.26 bits per heavy atom. The van der Waals surface area contributed by atoms with Crippen molar-refractivity contribution < 1.29 is 19.6 Å². The van der Waals surface area contributed by atoms with Gasteiger partial charge >= 0.3 is 6.16 Å².